The Bertz CT molecular complexity index is 784. The van der Waals surface area contributed by atoms with E-state index < -0.39 is 0 Å². The average Bonchev–Trinajstić information content (AvgIpc) is 2.67. The van der Waals surface area contributed by atoms with Crippen molar-refractivity contribution in [1.82, 2.24) is 9.88 Å². The molecular weight excluding hydrogens is 334 g/mol. The van der Waals surface area contributed by atoms with E-state index in [0.29, 0.717) is 5.92 Å². The van der Waals surface area contributed by atoms with Gasteiger partial charge in [-0.05, 0) is 34.6 Å². The van der Waals surface area contributed by atoms with Crippen molar-refractivity contribution in [3.8, 4) is 11.1 Å². The van der Waals surface area contributed by atoms with Gasteiger partial charge in [0.1, 0.15) is 5.82 Å². The number of hydrogen-bond acceptors (Lipinski definition) is 3. The highest BCUT2D eigenvalue weighted by atomic mass is 16.2. The van der Waals surface area contributed by atoms with Crippen LogP contribution in [0.3, 0.4) is 0 Å². The number of anilines is 1. The van der Waals surface area contributed by atoms with E-state index >= 15 is 0 Å². The van der Waals surface area contributed by atoms with E-state index in [1.807, 2.05) is 11.1 Å². The van der Waals surface area contributed by atoms with Crippen LogP contribution in [0.25, 0.3) is 11.1 Å². The number of rotatable bonds is 3. The van der Waals surface area contributed by atoms with Crippen molar-refractivity contribution in [2.45, 2.75) is 40.5 Å². The molecule has 2 heterocycles. The molecule has 0 bridgehead atoms. The van der Waals surface area contributed by atoms with Gasteiger partial charge in [0, 0.05) is 44.9 Å². The van der Waals surface area contributed by atoms with Gasteiger partial charge in [-0.2, -0.15) is 0 Å². The van der Waals surface area contributed by atoms with Gasteiger partial charge < -0.3 is 9.80 Å². The minimum absolute atomic E-state index is 0.155. The van der Waals surface area contributed by atoms with Gasteiger partial charge in [0.2, 0.25) is 5.91 Å². The van der Waals surface area contributed by atoms with Gasteiger partial charge in [-0.3, -0.25) is 4.79 Å². The van der Waals surface area contributed by atoms with E-state index in [-0.39, 0.29) is 11.3 Å². The van der Waals surface area contributed by atoms with Crippen molar-refractivity contribution in [2.75, 3.05) is 31.1 Å². The van der Waals surface area contributed by atoms with Crippen LogP contribution in [0.2, 0.25) is 0 Å². The number of hydrogen-bond donors (Lipinski definition) is 0. The van der Waals surface area contributed by atoms with Crippen LogP contribution in [0, 0.1) is 5.41 Å². The molecule has 27 heavy (non-hydrogen) atoms. The quantitative estimate of drug-likeness (QED) is 0.800. The highest BCUT2D eigenvalue weighted by Crippen LogP contribution is 2.36. The molecule has 144 valence electrons. The number of benzene rings is 1. The molecule has 1 aromatic carbocycles. The number of amides is 1. The molecule has 4 nitrogen and oxygen atoms in total. The first-order valence-electron chi connectivity index (χ1n) is 9.82. The maximum absolute atomic E-state index is 11.5. The Balaban J connectivity index is 1.74. The summed E-state index contributed by atoms with van der Waals surface area (Å²) in [6.07, 6.45) is 1.97. The Labute approximate surface area is 163 Å². The van der Waals surface area contributed by atoms with E-state index in [2.05, 4.69) is 69.0 Å². The molecule has 0 radical (unpaired) electrons. The zero-order chi connectivity index (χ0) is 19.6. The predicted molar refractivity (Wildman–Crippen MR) is 112 cm³/mol. The fourth-order valence-corrected chi connectivity index (χ4v) is 3.48. The summed E-state index contributed by atoms with van der Waals surface area (Å²) in [7, 11) is 0. The first-order chi connectivity index (χ1) is 12.8. The van der Waals surface area contributed by atoms with Crippen LogP contribution in [-0.2, 0) is 4.79 Å². The number of nitrogens with zero attached hydrogens (tertiary/aromatic N) is 3. The van der Waals surface area contributed by atoms with E-state index in [9.17, 15) is 4.79 Å². The second-order valence-corrected chi connectivity index (χ2v) is 8.61. The summed E-state index contributed by atoms with van der Waals surface area (Å²) in [5.74, 6) is 1.63. The Kier molecular flexibility index (Phi) is 5.54. The lowest BCUT2D eigenvalue weighted by molar-refractivity contribution is -0.129. The van der Waals surface area contributed by atoms with Crippen molar-refractivity contribution in [1.29, 1.82) is 0 Å². The van der Waals surface area contributed by atoms with Crippen LogP contribution >= 0.6 is 0 Å². The summed E-state index contributed by atoms with van der Waals surface area (Å²) < 4.78 is 0. The second-order valence-electron chi connectivity index (χ2n) is 8.61. The third-order valence-electron chi connectivity index (χ3n) is 5.82. The lowest BCUT2D eigenvalue weighted by Gasteiger charge is -2.34. The number of carbonyl (C=O) groups excluding carboxylic acids is 1. The summed E-state index contributed by atoms with van der Waals surface area (Å²) in [5, 5.41) is 0. The van der Waals surface area contributed by atoms with Gasteiger partial charge in [0.25, 0.3) is 0 Å². The maximum atomic E-state index is 11.5. The standard InChI is InChI=1S/C23H31N3O/c1-17(23(3,4)5)19-7-6-8-20(15-19)21-9-10-22(24-16-21)26-13-11-25(12-14-26)18(2)27/h6-10,15-17H,11-14H2,1-5H3/t17-/m0/s1. The Morgan fingerprint density at radius 1 is 1.04 bits per heavy atom. The van der Waals surface area contributed by atoms with Crippen molar-refractivity contribution < 1.29 is 4.79 Å². The van der Waals surface area contributed by atoms with Gasteiger partial charge >= 0.3 is 0 Å². The first kappa shape index (κ1) is 19.4. The molecule has 4 heteroatoms. The molecule has 0 N–H and O–H groups in total. The smallest absolute Gasteiger partial charge is 0.219 e. The van der Waals surface area contributed by atoms with E-state index in [0.717, 1.165) is 37.6 Å². The molecule has 0 saturated carbocycles. The first-order valence-corrected chi connectivity index (χ1v) is 9.82. The molecule has 1 aromatic heterocycles. The predicted octanol–water partition coefficient (Wildman–Crippen LogP) is 4.57. The molecular formula is C23H31N3O. The van der Waals surface area contributed by atoms with Crippen LogP contribution < -0.4 is 4.90 Å². The molecule has 0 spiro atoms. The fourth-order valence-electron chi connectivity index (χ4n) is 3.48. The average molecular weight is 366 g/mol. The minimum Gasteiger partial charge on any atom is -0.353 e. The van der Waals surface area contributed by atoms with Crippen molar-refractivity contribution >= 4 is 11.7 Å². The van der Waals surface area contributed by atoms with Crippen LogP contribution in [0.15, 0.2) is 42.6 Å². The molecule has 3 rings (SSSR count). The minimum atomic E-state index is 0.155. The molecule has 0 aliphatic carbocycles. The van der Waals surface area contributed by atoms with Crippen molar-refractivity contribution in [2.24, 2.45) is 5.41 Å². The highest BCUT2D eigenvalue weighted by Gasteiger charge is 2.22. The van der Waals surface area contributed by atoms with Crippen LogP contribution in [-0.4, -0.2) is 42.0 Å². The molecule has 2 aromatic rings. The largest absolute Gasteiger partial charge is 0.353 e. The van der Waals surface area contributed by atoms with Crippen molar-refractivity contribution in [3.05, 3.63) is 48.2 Å². The molecule has 1 amide bonds. The van der Waals surface area contributed by atoms with E-state index in [1.54, 1.807) is 6.92 Å². The number of aromatic nitrogens is 1. The number of piperazine rings is 1. The van der Waals surface area contributed by atoms with Crippen LogP contribution in [0.4, 0.5) is 5.82 Å². The second kappa shape index (κ2) is 7.71. The molecule has 1 fully saturated rings. The van der Waals surface area contributed by atoms with Gasteiger partial charge in [0.05, 0.1) is 0 Å². The third-order valence-corrected chi connectivity index (χ3v) is 5.82. The lowest BCUT2D eigenvalue weighted by Crippen LogP contribution is -2.48. The summed E-state index contributed by atoms with van der Waals surface area (Å²) in [5.41, 5.74) is 3.96. The zero-order valence-corrected chi connectivity index (χ0v) is 17.2. The van der Waals surface area contributed by atoms with Gasteiger partial charge in [-0.25, -0.2) is 4.98 Å². The van der Waals surface area contributed by atoms with Gasteiger partial charge in [-0.15, -0.1) is 0 Å². The molecule has 1 saturated heterocycles. The molecule has 1 aliphatic rings. The van der Waals surface area contributed by atoms with Crippen molar-refractivity contribution in [3.63, 3.8) is 0 Å². The molecule has 0 unspecified atom stereocenters. The molecule has 1 atom stereocenters. The topological polar surface area (TPSA) is 36.4 Å². The maximum Gasteiger partial charge on any atom is 0.219 e. The van der Waals surface area contributed by atoms with Crippen LogP contribution in [0.5, 0.6) is 0 Å². The number of carbonyl (C=O) groups is 1. The summed E-state index contributed by atoms with van der Waals surface area (Å²) >= 11 is 0. The summed E-state index contributed by atoms with van der Waals surface area (Å²) in [6.45, 7) is 14.0. The van der Waals surface area contributed by atoms with E-state index in [4.69, 9.17) is 4.98 Å². The van der Waals surface area contributed by atoms with Crippen LogP contribution in [0.1, 0.15) is 46.1 Å². The number of pyridine rings is 1. The van der Waals surface area contributed by atoms with Gasteiger partial charge in [-0.1, -0.05) is 52.0 Å². The Hall–Kier alpha value is -2.36. The lowest BCUT2D eigenvalue weighted by atomic mass is 9.77. The third kappa shape index (κ3) is 4.49. The van der Waals surface area contributed by atoms with Gasteiger partial charge in [0.15, 0.2) is 0 Å². The monoisotopic (exact) mass is 365 g/mol. The van der Waals surface area contributed by atoms with E-state index in [1.165, 1.54) is 11.1 Å². The Morgan fingerprint density at radius 2 is 1.74 bits per heavy atom. The SMILES string of the molecule is CC(=O)N1CCN(c2ccc(-c3cccc([C@H](C)C(C)(C)C)c3)cn2)CC1. The normalized spacial score (nSPS) is 16.3. The summed E-state index contributed by atoms with van der Waals surface area (Å²) in [6, 6.07) is 13.1. The highest BCUT2D eigenvalue weighted by molar-refractivity contribution is 5.73. The molecule has 1 aliphatic heterocycles. The zero-order valence-electron chi connectivity index (χ0n) is 17.2. The summed E-state index contributed by atoms with van der Waals surface area (Å²) in [4.78, 5) is 20.3. The Morgan fingerprint density at radius 3 is 2.30 bits per heavy atom. The fraction of sp³-hybridized carbons (Fsp3) is 0.478.